The third kappa shape index (κ3) is 9.82. The Morgan fingerprint density at radius 2 is 1.53 bits per heavy atom. The van der Waals surface area contributed by atoms with Gasteiger partial charge in [-0.25, -0.2) is 0 Å². The van der Waals surface area contributed by atoms with E-state index in [4.69, 9.17) is 23.2 Å². The largest absolute Gasteiger partial charge is 0.331 e. The Labute approximate surface area is 267 Å². The summed E-state index contributed by atoms with van der Waals surface area (Å²) >= 11 is 12.1. The molecule has 1 heterocycles. The molecule has 0 aromatic heterocycles. The number of benzene rings is 3. The van der Waals surface area contributed by atoms with E-state index < -0.39 is 0 Å². The third-order valence-corrected chi connectivity index (χ3v) is 9.04. The third-order valence-electron chi connectivity index (χ3n) is 8.30. The monoisotopic (exact) mass is 621 g/mol. The van der Waals surface area contributed by atoms with Gasteiger partial charge in [-0.2, -0.15) is 0 Å². The van der Waals surface area contributed by atoms with Crippen LogP contribution in [0, 0.1) is 5.92 Å². The second-order valence-electron chi connectivity index (χ2n) is 12.1. The van der Waals surface area contributed by atoms with Gasteiger partial charge in [0.2, 0.25) is 0 Å². The van der Waals surface area contributed by atoms with Crippen LogP contribution in [0.2, 0.25) is 10.0 Å². The van der Waals surface area contributed by atoms with Crippen LogP contribution in [0.1, 0.15) is 91.1 Å². The molecule has 230 valence electrons. The summed E-state index contributed by atoms with van der Waals surface area (Å²) in [5.74, 6) is 0.515. The van der Waals surface area contributed by atoms with E-state index in [-0.39, 0.29) is 17.9 Å². The Hall–Kier alpha value is -2.86. The first-order valence-corrected chi connectivity index (χ1v) is 16.5. The van der Waals surface area contributed by atoms with Gasteiger partial charge < -0.3 is 15.1 Å². The smallest absolute Gasteiger partial charge is 0.255 e. The average molecular weight is 623 g/mol. The van der Waals surface area contributed by atoms with Crippen LogP contribution in [0.4, 0.5) is 5.69 Å². The zero-order chi connectivity index (χ0) is 30.8. The highest BCUT2D eigenvalue weighted by Gasteiger charge is 2.29. The molecule has 0 radical (unpaired) electrons. The molecule has 1 saturated heterocycles. The maximum atomic E-state index is 14.0. The summed E-state index contributed by atoms with van der Waals surface area (Å²) in [6.45, 7) is 10.4. The predicted molar refractivity (Wildman–Crippen MR) is 179 cm³/mol. The van der Waals surface area contributed by atoms with Crippen molar-refractivity contribution < 1.29 is 9.59 Å². The summed E-state index contributed by atoms with van der Waals surface area (Å²) in [6, 6.07) is 21.0. The first kappa shape index (κ1) is 33.0. The van der Waals surface area contributed by atoms with E-state index in [1.807, 2.05) is 36.4 Å². The summed E-state index contributed by atoms with van der Waals surface area (Å²) < 4.78 is 0. The van der Waals surface area contributed by atoms with Crippen molar-refractivity contribution in [2.24, 2.45) is 5.92 Å². The number of carbonyl (C=O) groups is 2. The minimum absolute atomic E-state index is 0.0812. The van der Waals surface area contributed by atoms with Crippen molar-refractivity contribution >= 4 is 40.7 Å². The number of nitrogens with zero attached hydrogens (tertiary/aromatic N) is 2. The number of amides is 2. The molecule has 1 aliphatic heterocycles. The quantitative estimate of drug-likeness (QED) is 0.194. The van der Waals surface area contributed by atoms with Gasteiger partial charge in [-0.05, 0) is 98.2 Å². The van der Waals surface area contributed by atoms with Gasteiger partial charge in [-0.1, -0.05) is 81.1 Å². The van der Waals surface area contributed by atoms with Gasteiger partial charge in [0.1, 0.15) is 0 Å². The number of rotatable bonds is 13. The van der Waals surface area contributed by atoms with Crippen molar-refractivity contribution in [1.29, 1.82) is 0 Å². The predicted octanol–water partition coefficient (Wildman–Crippen LogP) is 9.13. The number of carbonyl (C=O) groups excluding carboxylic acids is 2. The second kappa shape index (κ2) is 16.3. The Morgan fingerprint density at radius 3 is 2.16 bits per heavy atom. The van der Waals surface area contributed by atoms with Gasteiger partial charge in [0.15, 0.2) is 0 Å². The van der Waals surface area contributed by atoms with Crippen LogP contribution in [-0.4, -0.2) is 47.3 Å². The number of likely N-dealkylation sites (tertiary alicyclic amines) is 1. The molecule has 1 N–H and O–H groups in total. The van der Waals surface area contributed by atoms with E-state index in [0.717, 1.165) is 50.0 Å². The lowest BCUT2D eigenvalue weighted by molar-refractivity contribution is 0.0546. The molecule has 0 saturated carbocycles. The van der Waals surface area contributed by atoms with Crippen LogP contribution in [0.5, 0.6) is 0 Å². The normalized spacial score (nSPS) is 14.2. The Bertz CT molecular complexity index is 1330. The number of unbranched alkanes of at least 4 members (excludes halogenated alkanes) is 2. The van der Waals surface area contributed by atoms with Crippen LogP contribution >= 0.6 is 23.2 Å². The van der Waals surface area contributed by atoms with Crippen molar-refractivity contribution in [1.82, 2.24) is 9.80 Å². The van der Waals surface area contributed by atoms with E-state index in [1.54, 1.807) is 18.2 Å². The number of piperidine rings is 1. The average Bonchev–Trinajstić information content (AvgIpc) is 3.01. The maximum absolute atomic E-state index is 14.0. The van der Waals surface area contributed by atoms with Crippen molar-refractivity contribution in [2.45, 2.75) is 78.3 Å². The molecule has 0 atom stereocenters. The van der Waals surface area contributed by atoms with Gasteiger partial charge in [0.25, 0.3) is 11.8 Å². The number of nitrogens with one attached hydrogen (secondary N) is 1. The highest BCUT2D eigenvalue weighted by Crippen LogP contribution is 2.25. The molecule has 1 aliphatic rings. The molecular formula is C36H45Cl2N3O2. The lowest BCUT2D eigenvalue weighted by atomic mass is 9.99. The number of anilines is 1. The van der Waals surface area contributed by atoms with Crippen LogP contribution in [0.25, 0.3) is 0 Å². The molecule has 2 amide bonds. The van der Waals surface area contributed by atoms with Crippen molar-refractivity contribution in [3.05, 3.63) is 99.0 Å². The summed E-state index contributed by atoms with van der Waals surface area (Å²) in [5.41, 5.74) is 4.17. The highest BCUT2D eigenvalue weighted by atomic mass is 35.5. The van der Waals surface area contributed by atoms with Gasteiger partial charge >= 0.3 is 0 Å². The van der Waals surface area contributed by atoms with E-state index >= 15 is 0 Å². The minimum atomic E-state index is -0.259. The molecule has 7 heteroatoms. The first-order chi connectivity index (χ1) is 20.7. The van der Waals surface area contributed by atoms with E-state index in [2.05, 4.69) is 48.0 Å². The number of hydrogen-bond donors (Lipinski definition) is 1. The lowest BCUT2D eigenvalue weighted by Crippen LogP contribution is -2.47. The topological polar surface area (TPSA) is 52.7 Å². The van der Waals surface area contributed by atoms with Crippen molar-refractivity contribution in [2.75, 3.05) is 25.0 Å². The zero-order valence-corrected chi connectivity index (χ0v) is 27.3. The Kier molecular flexibility index (Phi) is 12.5. The fourth-order valence-corrected chi connectivity index (χ4v) is 5.85. The number of aryl methyl sites for hydroxylation is 1. The van der Waals surface area contributed by atoms with E-state index in [1.165, 1.54) is 31.2 Å². The lowest BCUT2D eigenvalue weighted by Gasteiger charge is -2.39. The number of halogens is 2. The van der Waals surface area contributed by atoms with Gasteiger partial charge in [0.05, 0.1) is 10.0 Å². The molecule has 0 bridgehead atoms. The fourth-order valence-electron chi connectivity index (χ4n) is 5.55. The van der Waals surface area contributed by atoms with E-state index in [9.17, 15) is 9.59 Å². The highest BCUT2D eigenvalue weighted by molar-refractivity contribution is 6.42. The summed E-state index contributed by atoms with van der Waals surface area (Å²) in [6.07, 6.45) is 7.79. The molecule has 5 nitrogen and oxygen atoms in total. The molecule has 3 aromatic rings. The molecule has 3 aromatic carbocycles. The van der Waals surface area contributed by atoms with Gasteiger partial charge in [0, 0.05) is 42.5 Å². The number of hydrogen-bond acceptors (Lipinski definition) is 3. The molecule has 0 unspecified atom stereocenters. The molecule has 0 spiro atoms. The van der Waals surface area contributed by atoms with Crippen molar-refractivity contribution in [3.63, 3.8) is 0 Å². The summed E-state index contributed by atoms with van der Waals surface area (Å²) in [5, 5.41) is 3.67. The van der Waals surface area contributed by atoms with Crippen LogP contribution in [0.3, 0.4) is 0 Å². The van der Waals surface area contributed by atoms with Crippen LogP contribution < -0.4 is 5.32 Å². The van der Waals surface area contributed by atoms with Crippen molar-refractivity contribution in [3.8, 4) is 0 Å². The molecule has 0 aliphatic carbocycles. The van der Waals surface area contributed by atoms with Crippen LogP contribution in [0.15, 0.2) is 66.7 Å². The molecule has 43 heavy (non-hydrogen) atoms. The minimum Gasteiger partial charge on any atom is -0.331 e. The van der Waals surface area contributed by atoms with Gasteiger partial charge in [-0.15, -0.1) is 0 Å². The Balaban J connectivity index is 1.45. The molecule has 1 fully saturated rings. The first-order valence-electron chi connectivity index (χ1n) is 15.7. The fraction of sp³-hybridized carbons (Fsp3) is 0.444. The SMILES string of the molecule is CCCCCc1ccc(C(=O)N(Cc2ccc(NC(=O)c3ccc(Cl)c(Cl)c3)cc2)C2CCN(CCC(C)C)CC2)cc1. The zero-order valence-electron chi connectivity index (χ0n) is 25.8. The standard InChI is InChI=1S/C36H45Cl2N3O2/c1-4-5-6-7-27-8-12-29(13-9-27)36(43)41(32-19-22-40(23-20-32)21-18-26(2)3)25-28-10-15-31(16-11-28)39-35(42)30-14-17-33(37)34(38)24-30/h8-17,24,26,32H,4-7,18-23,25H2,1-3H3,(H,39,42). The van der Waals surface area contributed by atoms with Crippen LogP contribution in [-0.2, 0) is 13.0 Å². The molecule has 4 rings (SSSR count). The second-order valence-corrected chi connectivity index (χ2v) is 12.9. The van der Waals surface area contributed by atoms with Gasteiger partial charge in [-0.3, -0.25) is 9.59 Å². The van der Waals surface area contributed by atoms with E-state index in [0.29, 0.717) is 33.8 Å². The summed E-state index contributed by atoms with van der Waals surface area (Å²) in [7, 11) is 0. The summed E-state index contributed by atoms with van der Waals surface area (Å²) in [4.78, 5) is 31.3. The molecular weight excluding hydrogens is 577 g/mol. The maximum Gasteiger partial charge on any atom is 0.255 e. The Morgan fingerprint density at radius 1 is 0.884 bits per heavy atom.